The zero-order chi connectivity index (χ0) is 15.3. The van der Waals surface area contributed by atoms with Crippen molar-refractivity contribution >= 4 is 17.9 Å². The van der Waals surface area contributed by atoms with Crippen LogP contribution in [-0.2, 0) is 14.3 Å². The first-order chi connectivity index (χ1) is 9.29. The van der Waals surface area contributed by atoms with Crippen LogP contribution in [0.1, 0.15) is 13.8 Å². The fraction of sp³-hybridized carbons (Fsp3) is 0.750. The topological polar surface area (TPSA) is 108 Å². The van der Waals surface area contributed by atoms with E-state index in [-0.39, 0.29) is 25.6 Å². The maximum atomic E-state index is 12.1. The number of carboxylic acids is 1. The van der Waals surface area contributed by atoms with Gasteiger partial charge in [0.05, 0.1) is 18.6 Å². The number of urea groups is 1. The Hall–Kier alpha value is -1.83. The van der Waals surface area contributed by atoms with E-state index < -0.39 is 23.5 Å². The maximum Gasteiger partial charge on any atom is 0.318 e. The minimum absolute atomic E-state index is 0.0149. The lowest BCUT2D eigenvalue weighted by molar-refractivity contribution is -0.146. The fourth-order valence-electron chi connectivity index (χ4n) is 1.70. The number of nitrogens with one attached hydrogen (secondary N) is 2. The minimum Gasteiger partial charge on any atom is -0.481 e. The third-order valence-electron chi connectivity index (χ3n) is 3.20. The quantitative estimate of drug-likeness (QED) is 0.631. The predicted molar refractivity (Wildman–Crippen MR) is 70.2 cm³/mol. The Kier molecular flexibility index (Phi) is 5.32. The molecule has 3 N–H and O–H groups in total. The number of nitrogens with zero attached hydrogens (tertiary/aromatic N) is 1. The van der Waals surface area contributed by atoms with E-state index in [0.29, 0.717) is 6.61 Å². The molecule has 1 unspecified atom stereocenters. The maximum absolute atomic E-state index is 12.1. The van der Waals surface area contributed by atoms with E-state index >= 15 is 0 Å². The van der Waals surface area contributed by atoms with Crippen LogP contribution < -0.4 is 10.6 Å². The number of amides is 3. The Bertz CT molecular complexity index is 397. The molecule has 8 nitrogen and oxygen atoms in total. The average molecular weight is 287 g/mol. The number of hydrogen-bond donors (Lipinski definition) is 3. The molecule has 3 amide bonds. The molecule has 20 heavy (non-hydrogen) atoms. The Morgan fingerprint density at radius 2 is 2.05 bits per heavy atom. The van der Waals surface area contributed by atoms with Gasteiger partial charge in [0.15, 0.2) is 0 Å². The molecule has 0 spiro atoms. The SMILES string of the molecule is CNC(=O)C1COCCN1C(=O)NCC(C)(C)C(=O)O. The zero-order valence-corrected chi connectivity index (χ0v) is 11.9. The van der Waals surface area contributed by atoms with Crippen molar-refractivity contribution in [2.75, 3.05) is 33.4 Å². The van der Waals surface area contributed by atoms with Crippen molar-refractivity contribution in [2.45, 2.75) is 19.9 Å². The summed E-state index contributed by atoms with van der Waals surface area (Å²) in [7, 11) is 1.49. The highest BCUT2D eigenvalue weighted by atomic mass is 16.5. The number of carbonyl (C=O) groups excluding carboxylic acids is 2. The number of carboxylic acid groups (broad SMARTS) is 1. The monoisotopic (exact) mass is 287 g/mol. The van der Waals surface area contributed by atoms with Gasteiger partial charge in [0.25, 0.3) is 0 Å². The van der Waals surface area contributed by atoms with Crippen LogP contribution in [0.4, 0.5) is 4.79 Å². The van der Waals surface area contributed by atoms with Gasteiger partial charge >= 0.3 is 12.0 Å². The summed E-state index contributed by atoms with van der Waals surface area (Å²) in [6, 6.07) is -1.15. The van der Waals surface area contributed by atoms with Gasteiger partial charge in [-0.1, -0.05) is 0 Å². The first kappa shape index (κ1) is 16.2. The first-order valence-corrected chi connectivity index (χ1v) is 6.37. The van der Waals surface area contributed by atoms with Crippen LogP contribution in [0.2, 0.25) is 0 Å². The van der Waals surface area contributed by atoms with Gasteiger partial charge in [-0.3, -0.25) is 9.59 Å². The lowest BCUT2D eigenvalue weighted by Gasteiger charge is -2.34. The Balaban J connectivity index is 2.64. The van der Waals surface area contributed by atoms with Crippen molar-refractivity contribution in [3.8, 4) is 0 Å². The minimum atomic E-state index is -1.07. The van der Waals surface area contributed by atoms with Gasteiger partial charge < -0.3 is 25.4 Å². The summed E-state index contributed by atoms with van der Waals surface area (Å²) in [5.41, 5.74) is -1.07. The van der Waals surface area contributed by atoms with Crippen molar-refractivity contribution in [3.05, 3.63) is 0 Å². The average Bonchev–Trinajstić information content (AvgIpc) is 2.43. The molecule has 114 valence electrons. The zero-order valence-electron chi connectivity index (χ0n) is 11.9. The molecule has 1 heterocycles. The van der Waals surface area contributed by atoms with Gasteiger partial charge in [0, 0.05) is 20.1 Å². The van der Waals surface area contributed by atoms with Crippen molar-refractivity contribution in [3.63, 3.8) is 0 Å². The molecule has 1 rings (SSSR count). The molecule has 0 radical (unpaired) electrons. The number of carbonyl (C=O) groups is 3. The summed E-state index contributed by atoms with van der Waals surface area (Å²) in [5.74, 6) is -1.31. The second-order valence-corrected chi connectivity index (χ2v) is 5.25. The highest BCUT2D eigenvalue weighted by Gasteiger charge is 2.34. The molecule has 1 atom stereocenters. The Labute approximate surface area is 117 Å². The lowest BCUT2D eigenvalue weighted by atomic mass is 9.94. The standard InChI is InChI=1S/C12H21N3O5/c1-12(2,10(17)18)7-14-11(19)15-4-5-20-6-8(15)9(16)13-3/h8H,4-7H2,1-3H3,(H,13,16)(H,14,19)(H,17,18). The summed E-state index contributed by atoms with van der Waals surface area (Å²) < 4.78 is 5.19. The van der Waals surface area contributed by atoms with Gasteiger partial charge in [-0.05, 0) is 13.8 Å². The molecule has 1 aliphatic heterocycles. The van der Waals surface area contributed by atoms with E-state index in [2.05, 4.69) is 10.6 Å². The number of morpholine rings is 1. The summed E-state index contributed by atoms with van der Waals surface area (Å²) >= 11 is 0. The highest BCUT2D eigenvalue weighted by molar-refractivity contribution is 5.87. The number of aliphatic carboxylic acids is 1. The number of rotatable bonds is 4. The van der Waals surface area contributed by atoms with Crippen LogP contribution in [-0.4, -0.2) is 67.3 Å². The first-order valence-electron chi connectivity index (χ1n) is 6.37. The normalized spacial score (nSPS) is 19.4. The van der Waals surface area contributed by atoms with Gasteiger partial charge in [0.1, 0.15) is 6.04 Å². The van der Waals surface area contributed by atoms with Crippen molar-refractivity contribution in [2.24, 2.45) is 5.41 Å². The third-order valence-corrected chi connectivity index (χ3v) is 3.20. The van der Waals surface area contributed by atoms with E-state index in [1.807, 2.05) is 0 Å². The second kappa shape index (κ2) is 6.56. The van der Waals surface area contributed by atoms with Crippen LogP contribution >= 0.6 is 0 Å². The van der Waals surface area contributed by atoms with E-state index in [0.717, 1.165) is 0 Å². The molecule has 0 saturated carbocycles. The number of ether oxygens (including phenoxy) is 1. The molecular formula is C12H21N3O5. The van der Waals surface area contributed by atoms with Crippen molar-refractivity contribution < 1.29 is 24.2 Å². The Morgan fingerprint density at radius 1 is 1.40 bits per heavy atom. The summed E-state index contributed by atoms with van der Waals surface area (Å²) in [4.78, 5) is 36.1. The highest BCUT2D eigenvalue weighted by Crippen LogP contribution is 2.14. The van der Waals surface area contributed by atoms with E-state index in [1.54, 1.807) is 0 Å². The van der Waals surface area contributed by atoms with E-state index in [1.165, 1.54) is 25.8 Å². The molecule has 0 aromatic heterocycles. The molecule has 0 aliphatic carbocycles. The van der Waals surface area contributed by atoms with E-state index in [4.69, 9.17) is 9.84 Å². The summed E-state index contributed by atoms with van der Waals surface area (Å²) in [6.45, 7) is 3.80. The summed E-state index contributed by atoms with van der Waals surface area (Å²) in [5, 5.41) is 14.0. The number of likely N-dealkylation sites (N-methyl/N-ethyl adjacent to an activating group) is 1. The Morgan fingerprint density at radius 3 is 2.60 bits per heavy atom. The van der Waals surface area contributed by atoms with Crippen LogP contribution in [0.5, 0.6) is 0 Å². The largest absolute Gasteiger partial charge is 0.481 e. The van der Waals surface area contributed by atoms with Gasteiger partial charge in [-0.25, -0.2) is 4.79 Å². The molecule has 0 bridgehead atoms. The molecule has 1 fully saturated rings. The molecule has 1 saturated heterocycles. The molecular weight excluding hydrogens is 266 g/mol. The molecule has 8 heteroatoms. The molecule has 0 aromatic rings. The van der Waals surface area contributed by atoms with Crippen LogP contribution in [0, 0.1) is 5.41 Å². The molecule has 1 aliphatic rings. The third kappa shape index (κ3) is 3.83. The summed E-state index contributed by atoms with van der Waals surface area (Å²) in [6.07, 6.45) is 0. The fourth-order valence-corrected chi connectivity index (χ4v) is 1.70. The van der Waals surface area contributed by atoms with Crippen molar-refractivity contribution in [1.82, 2.24) is 15.5 Å². The van der Waals surface area contributed by atoms with Gasteiger partial charge in [-0.2, -0.15) is 0 Å². The smallest absolute Gasteiger partial charge is 0.318 e. The van der Waals surface area contributed by atoms with Crippen molar-refractivity contribution in [1.29, 1.82) is 0 Å². The van der Waals surface area contributed by atoms with Gasteiger partial charge in [0.2, 0.25) is 5.91 Å². The van der Waals surface area contributed by atoms with Crippen LogP contribution in [0.15, 0.2) is 0 Å². The number of hydrogen-bond acceptors (Lipinski definition) is 4. The van der Waals surface area contributed by atoms with Crippen LogP contribution in [0.25, 0.3) is 0 Å². The van der Waals surface area contributed by atoms with Crippen LogP contribution in [0.3, 0.4) is 0 Å². The molecule has 0 aromatic carbocycles. The van der Waals surface area contributed by atoms with Gasteiger partial charge in [-0.15, -0.1) is 0 Å². The lowest BCUT2D eigenvalue weighted by Crippen LogP contribution is -2.58. The second-order valence-electron chi connectivity index (χ2n) is 5.25. The predicted octanol–water partition coefficient (Wildman–Crippen LogP) is -0.746. The van der Waals surface area contributed by atoms with E-state index in [9.17, 15) is 14.4 Å².